The Labute approximate surface area is 156 Å². The highest BCUT2D eigenvalue weighted by Gasteiger charge is 2.25. The summed E-state index contributed by atoms with van der Waals surface area (Å²) in [6.45, 7) is 0.497. The first-order valence-corrected chi connectivity index (χ1v) is 8.73. The fraction of sp³-hybridized carbons (Fsp3) is 0.389. The Balaban J connectivity index is 1.65. The summed E-state index contributed by atoms with van der Waals surface area (Å²) >= 11 is 5.94. The second kappa shape index (κ2) is 8.33. The van der Waals surface area contributed by atoms with Crippen LogP contribution in [0.3, 0.4) is 0 Å². The number of carboxylic acid groups (broad SMARTS) is 1. The highest BCUT2D eigenvalue weighted by atomic mass is 35.5. The number of rotatable bonds is 6. The molecule has 8 heteroatoms. The van der Waals surface area contributed by atoms with Gasteiger partial charge in [-0.3, -0.25) is 0 Å². The van der Waals surface area contributed by atoms with Crippen molar-refractivity contribution in [2.24, 2.45) is 0 Å². The Morgan fingerprint density at radius 2 is 2.12 bits per heavy atom. The number of hydrogen-bond donors (Lipinski definition) is 2. The van der Waals surface area contributed by atoms with E-state index in [2.05, 4.69) is 15.3 Å². The second-order valence-electron chi connectivity index (χ2n) is 6.02. The van der Waals surface area contributed by atoms with Gasteiger partial charge in [-0.2, -0.15) is 0 Å². The van der Waals surface area contributed by atoms with Gasteiger partial charge in [0.05, 0.1) is 19.3 Å². The van der Waals surface area contributed by atoms with Gasteiger partial charge < -0.3 is 19.9 Å². The molecule has 0 amide bonds. The van der Waals surface area contributed by atoms with Crippen LogP contribution in [-0.4, -0.2) is 40.8 Å². The Morgan fingerprint density at radius 1 is 1.35 bits per heavy atom. The lowest BCUT2D eigenvalue weighted by Crippen LogP contribution is -2.29. The van der Waals surface area contributed by atoms with E-state index in [0.717, 1.165) is 24.8 Å². The van der Waals surface area contributed by atoms with E-state index >= 15 is 0 Å². The van der Waals surface area contributed by atoms with Crippen molar-refractivity contribution in [3.8, 4) is 5.75 Å². The predicted molar refractivity (Wildman–Crippen MR) is 97.0 cm³/mol. The lowest BCUT2D eigenvalue weighted by atomic mass is 9.98. The Bertz CT molecular complexity index is 770. The van der Waals surface area contributed by atoms with E-state index in [9.17, 15) is 9.90 Å². The maximum atomic E-state index is 11.2. The van der Waals surface area contributed by atoms with E-state index < -0.39 is 5.97 Å². The monoisotopic (exact) mass is 377 g/mol. The maximum Gasteiger partial charge on any atom is 0.358 e. The van der Waals surface area contributed by atoms with Gasteiger partial charge in [0.25, 0.3) is 0 Å². The number of nitrogens with zero attached hydrogens (tertiary/aromatic N) is 2. The third-order valence-corrected chi connectivity index (χ3v) is 4.55. The highest BCUT2D eigenvalue weighted by molar-refractivity contribution is 6.30. The van der Waals surface area contributed by atoms with Gasteiger partial charge in [-0.05, 0) is 37.0 Å². The number of ether oxygens (including phenoxy) is 2. The molecule has 1 saturated heterocycles. The van der Waals surface area contributed by atoms with Crippen molar-refractivity contribution in [3.05, 3.63) is 46.9 Å². The van der Waals surface area contributed by atoms with Crippen LogP contribution in [0, 0.1) is 0 Å². The van der Waals surface area contributed by atoms with Crippen molar-refractivity contribution in [1.29, 1.82) is 0 Å². The van der Waals surface area contributed by atoms with Crippen molar-refractivity contribution < 1.29 is 19.4 Å². The fourth-order valence-electron chi connectivity index (χ4n) is 3.03. The number of anilines is 1. The van der Waals surface area contributed by atoms with Crippen LogP contribution in [0.15, 0.2) is 30.6 Å². The first-order chi connectivity index (χ1) is 12.6. The van der Waals surface area contributed by atoms with Crippen molar-refractivity contribution in [1.82, 2.24) is 9.97 Å². The lowest BCUT2D eigenvalue weighted by molar-refractivity contribution is -0.0442. The minimum absolute atomic E-state index is 0.0163. The minimum atomic E-state index is -1.16. The SMILES string of the molecule is COc1c(NC[C@@H]2CCC[C@H](c3ccc(Cl)cc3)O2)ncnc1C(=O)O. The molecule has 26 heavy (non-hydrogen) atoms. The summed E-state index contributed by atoms with van der Waals surface area (Å²) in [5, 5.41) is 13.0. The smallest absolute Gasteiger partial charge is 0.358 e. The molecule has 0 spiro atoms. The molecule has 1 fully saturated rings. The average Bonchev–Trinajstić information content (AvgIpc) is 2.66. The van der Waals surface area contributed by atoms with Crippen molar-refractivity contribution in [3.63, 3.8) is 0 Å². The second-order valence-corrected chi connectivity index (χ2v) is 6.46. The minimum Gasteiger partial charge on any atom is -0.491 e. The van der Waals surface area contributed by atoms with Crippen LogP contribution < -0.4 is 10.1 Å². The van der Waals surface area contributed by atoms with E-state index in [1.165, 1.54) is 13.4 Å². The van der Waals surface area contributed by atoms with Crippen LogP contribution in [0.5, 0.6) is 5.75 Å². The molecule has 138 valence electrons. The Hall–Kier alpha value is -2.38. The molecule has 0 unspecified atom stereocenters. The van der Waals surface area contributed by atoms with Crippen molar-refractivity contribution in [2.45, 2.75) is 31.5 Å². The molecule has 1 aliphatic rings. The molecule has 7 nitrogen and oxygen atoms in total. The molecule has 0 radical (unpaired) electrons. The summed E-state index contributed by atoms with van der Waals surface area (Å²) in [4.78, 5) is 19.1. The van der Waals surface area contributed by atoms with E-state index in [0.29, 0.717) is 17.4 Å². The normalized spacial score (nSPS) is 19.8. The van der Waals surface area contributed by atoms with Gasteiger partial charge >= 0.3 is 5.97 Å². The summed E-state index contributed by atoms with van der Waals surface area (Å²) in [6, 6.07) is 7.69. The zero-order chi connectivity index (χ0) is 18.5. The van der Waals surface area contributed by atoms with Crippen molar-refractivity contribution in [2.75, 3.05) is 19.0 Å². The molecule has 2 N–H and O–H groups in total. The quantitative estimate of drug-likeness (QED) is 0.794. The van der Waals surface area contributed by atoms with Gasteiger partial charge in [-0.15, -0.1) is 0 Å². The number of methoxy groups -OCH3 is 1. The average molecular weight is 378 g/mol. The van der Waals surface area contributed by atoms with Crippen LogP contribution in [0.2, 0.25) is 5.02 Å². The summed E-state index contributed by atoms with van der Waals surface area (Å²) in [6.07, 6.45) is 4.12. The highest BCUT2D eigenvalue weighted by Crippen LogP contribution is 2.32. The van der Waals surface area contributed by atoms with Gasteiger partial charge in [-0.25, -0.2) is 14.8 Å². The topological polar surface area (TPSA) is 93.6 Å². The largest absolute Gasteiger partial charge is 0.491 e. The molecule has 2 aromatic rings. The molecular formula is C18H20ClN3O4. The van der Waals surface area contributed by atoms with Crippen LogP contribution in [-0.2, 0) is 4.74 Å². The van der Waals surface area contributed by atoms with Crippen molar-refractivity contribution >= 4 is 23.4 Å². The molecule has 2 atom stereocenters. The predicted octanol–water partition coefficient (Wildman–Crippen LogP) is 3.56. The third-order valence-electron chi connectivity index (χ3n) is 4.30. The zero-order valence-electron chi connectivity index (χ0n) is 14.3. The Morgan fingerprint density at radius 3 is 2.81 bits per heavy atom. The molecule has 3 rings (SSSR count). The number of aromatic carboxylic acids is 1. The number of carboxylic acids is 1. The molecule has 1 aromatic carbocycles. The van der Waals surface area contributed by atoms with Crippen LogP contribution in [0.4, 0.5) is 5.82 Å². The molecule has 1 aromatic heterocycles. The van der Waals surface area contributed by atoms with E-state index in [1.54, 1.807) is 0 Å². The maximum absolute atomic E-state index is 11.2. The van der Waals surface area contributed by atoms with E-state index in [-0.39, 0.29) is 23.7 Å². The molecular weight excluding hydrogens is 358 g/mol. The number of halogens is 1. The van der Waals surface area contributed by atoms with Crippen LogP contribution in [0.1, 0.15) is 41.4 Å². The number of aromatic nitrogens is 2. The van der Waals surface area contributed by atoms with E-state index in [1.807, 2.05) is 24.3 Å². The van der Waals surface area contributed by atoms with Gasteiger partial charge in [0.2, 0.25) is 0 Å². The molecule has 0 bridgehead atoms. The first-order valence-electron chi connectivity index (χ1n) is 8.35. The van der Waals surface area contributed by atoms with Gasteiger partial charge in [0.1, 0.15) is 6.33 Å². The first kappa shape index (κ1) is 18.4. The third kappa shape index (κ3) is 4.23. The summed E-state index contributed by atoms with van der Waals surface area (Å²) in [5.74, 6) is -0.703. The number of carbonyl (C=O) groups is 1. The summed E-state index contributed by atoms with van der Waals surface area (Å²) < 4.78 is 11.3. The Kier molecular flexibility index (Phi) is 5.90. The molecule has 0 aliphatic carbocycles. The number of nitrogens with one attached hydrogen (secondary N) is 1. The van der Waals surface area contributed by atoms with Gasteiger partial charge in [0.15, 0.2) is 17.3 Å². The summed E-state index contributed by atoms with van der Waals surface area (Å²) in [5.41, 5.74) is 0.931. The van der Waals surface area contributed by atoms with Gasteiger partial charge in [-0.1, -0.05) is 23.7 Å². The molecule has 1 aliphatic heterocycles. The lowest BCUT2D eigenvalue weighted by Gasteiger charge is -2.30. The fourth-order valence-corrected chi connectivity index (χ4v) is 3.15. The molecule has 0 saturated carbocycles. The van der Waals surface area contributed by atoms with E-state index in [4.69, 9.17) is 21.1 Å². The zero-order valence-corrected chi connectivity index (χ0v) is 15.1. The number of benzene rings is 1. The standard InChI is InChI=1S/C18H20ClN3O4/c1-25-16-15(18(23)24)21-10-22-17(16)20-9-13-3-2-4-14(26-13)11-5-7-12(19)8-6-11/h5-8,10,13-14H,2-4,9H2,1H3,(H,23,24)(H,20,21,22)/t13-,14+/m0/s1. The van der Waals surface area contributed by atoms with Gasteiger partial charge in [0, 0.05) is 11.6 Å². The van der Waals surface area contributed by atoms with Crippen LogP contribution in [0.25, 0.3) is 0 Å². The van der Waals surface area contributed by atoms with Crippen LogP contribution >= 0.6 is 11.6 Å². The number of hydrogen-bond acceptors (Lipinski definition) is 6. The summed E-state index contributed by atoms with van der Waals surface area (Å²) in [7, 11) is 1.39. The molecule has 2 heterocycles.